The molecule has 0 atom stereocenters. The van der Waals surface area contributed by atoms with Gasteiger partial charge in [-0.05, 0) is 29.8 Å². The SMILES string of the molecule is COc1ccc(NC(=O)c2cccc(CSc3n[nH]c(N)n3)c2)cc1F. The van der Waals surface area contributed by atoms with E-state index in [2.05, 4.69) is 20.5 Å². The second-order valence-electron chi connectivity index (χ2n) is 5.30. The second kappa shape index (κ2) is 7.87. The van der Waals surface area contributed by atoms with Crippen molar-refractivity contribution < 1.29 is 13.9 Å². The summed E-state index contributed by atoms with van der Waals surface area (Å²) in [5.41, 5.74) is 7.22. The zero-order chi connectivity index (χ0) is 18.5. The first-order valence-corrected chi connectivity index (χ1v) is 8.58. The minimum atomic E-state index is -0.541. The molecule has 1 heterocycles. The summed E-state index contributed by atoms with van der Waals surface area (Å²) in [6.45, 7) is 0. The fraction of sp³-hybridized carbons (Fsp3) is 0.118. The molecule has 0 saturated heterocycles. The van der Waals surface area contributed by atoms with Gasteiger partial charge in [0.15, 0.2) is 11.6 Å². The average Bonchev–Trinajstić information content (AvgIpc) is 3.06. The Morgan fingerprint density at radius 2 is 2.19 bits per heavy atom. The lowest BCUT2D eigenvalue weighted by Crippen LogP contribution is -2.12. The molecule has 0 spiro atoms. The molecule has 9 heteroatoms. The van der Waals surface area contributed by atoms with Gasteiger partial charge in [0.05, 0.1) is 7.11 Å². The van der Waals surface area contributed by atoms with Gasteiger partial charge in [0.25, 0.3) is 5.91 Å². The van der Waals surface area contributed by atoms with Crippen LogP contribution in [0, 0.1) is 5.82 Å². The van der Waals surface area contributed by atoms with Gasteiger partial charge in [-0.15, -0.1) is 5.10 Å². The maximum absolute atomic E-state index is 13.7. The lowest BCUT2D eigenvalue weighted by atomic mass is 10.1. The zero-order valence-corrected chi connectivity index (χ0v) is 14.6. The van der Waals surface area contributed by atoms with Crippen LogP contribution in [0.5, 0.6) is 5.75 Å². The first-order chi connectivity index (χ1) is 12.5. The number of ether oxygens (including phenoxy) is 1. The van der Waals surface area contributed by atoms with E-state index in [4.69, 9.17) is 10.5 Å². The molecule has 0 aliphatic heterocycles. The van der Waals surface area contributed by atoms with E-state index in [0.717, 1.165) is 5.56 Å². The van der Waals surface area contributed by atoms with E-state index >= 15 is 0 Å². The summed E-state index contributed by atoms with van der Waals surface area (Å²) < 4.78 is 18.6. The smallest absolute Gasteiger partial charge is 0.255 e. The van der Waals surface area contributed by atoms with Crippen molar-refractivity contribution in [2.75, 3.05) is 18.2 Å². The Morgan fingerprint density at radius 3 is 2.88 bits per heavy atom. The van der Waals surface area contributed by atoms with E-state index in [0.29, 0.717) is 22.2 Å². The molecular weight excluding hydrogens is 357 g/mol. The fourth-order valence-electron chi connectivity index (χ4n) is 2.22. The quantitative estimate of drug-likeness (QED) is 0.574. The van der Waals surface area contributed by atoms with Crippen molar-refractivity contribution in [3.63, 3.8) is 0 Å². The maximum Gasteiger partial charge on any atom is 0.255 e. The number of thioether (sulfide) groups is 1. The normalized spacial score (nSPS) is 10.5. The molecule has 4 N–H and O–H groups in total. The van der Waals surface area contributed by atoms with Gasteiger partial charge >= 0.3 is 0 Å². The largest absolute Gasteiger partial charge is 0.494 e. The number of carbonyl (C=O) groups is 1. The minimum absolute atomic E-state index is 0.120. The Kier molecular flexibility index (Phi) is 5.37. The Morgan fingerprint density at radius 1 is 1.35 bits per heavy atom. The van der Waals surface area contributed by atoms with Crippen molar-refractivity contribution in [2.45, 2.75) is 10.9 Å². The third kappa shape index (κ3) is 4.31. The second-order valence-corrected chi connectivity index (χ2v) is 6.24. The van der Waals surface area contributed by atoms with Crippen molar-refractivity contribution in [3.05, 3.63) is 59.4 Å². The van der Waals surface area contributed by atoms with Crippen LogP contribution >= 0.6 is 11.8 Å². The lowest BCUT2D eigenvalue weighted by molar-refractivity contribution is 0.102. The summed E-state index contributed by atoms with van der Waals surface area (Å²) in [6, 6.07) is 11.4. The summed E-state index contributed by atoms with van der Waals surface area (Å²) in [6.07, 6.45) is 0. The number of anilines is 2. The maximum atomic E-state index is 13.7. The van der Waals surface area contributed by atoms with Crippen molar-refractivity contribution in [2.24, 2.45) is 0 Å². The standard InChI is InChI=1S/C17H16FN5O2S/c1-25-14-6-5-12(8-13(14)18)20-15(24)11-4-2-3-10(7-11)9-26-17-21-16(19)22-23-17/h2-8H,9H2,1H3,(H,20,24)(H3,19,21,22,23). The van der Waals surface area contributed by atoms with Gasteiger partial charge in [-0.3, -0.25) is 4.79 Å². The molecule has 0 bridgehead atoms. The molecule has 134 valence electrons. The highest BCUT2D eigenvalue weighted by Gasteiger charge is 2.10. The monoisotopic (exact) mass is 373 g/mol. The van der Waals surface area contributed by atoms with Crippen LogP contribution in [-0.4, -0.2) is 28.2 Å². The molecule has 2 aromatic carbocycles. The van der Waals surface area contributed by atoms with E-state index in [9.17, 15) is 9.18 Å². The number of aromatic amines is 1. The number of amides is 1. The topological polar surface area (TPSA) is 106 Å². The molecule has 0 saturated carbocycles. The Balaban J connectivity index is 1.66. The number of hydrogen-bond acceptors (Lipinski definition) is 6. The molecule has 3 rings (SSSR count). The summed E-state index contributed by atoms with van der Waals surface area (Å²) >= 11 is 1.40. The lowest BCUT2D eigenvalue weighted by Gasteiger charge is -2.08. The summed E-state index contributed by atoms with van der Waals surface area (Å²) in [5, 5.41) is 9.71. The minimum Gasteiger partial charge on any atom is -0.494 e. The highest BCUT2D eigenvalue weighted by molar-refractivity contribution is 7.98. The fourth-order valence-corrected chi connectivity index (χ4v) is 2.97. The number of nitrogens with one attached hydrogen (secondary N) is 2. The number of H-pyrrole nitrogens is 1. The van der Waals surface area contributed by atoms with Crippen LogP contribution in [0.3, 0.4) is 0 Å². The van der Waals surface area contributed by atoms with Crippen molar-refractivity contribution in [1.82, 2.24) is 15.2 Å². The van der Waals surface area contributed by atoms with E-state index in [1.165, 1.54) is 31.0 Å². The molecule has 0 aliphatic carbocycles. The number of halogens is 1. The highest BCUT2D eigenvalue weighted by Crippen LogP contribution is 2.22. The average molecular weight is 373 g/mol. The number of hydrogen-bond donors (Lipinski definition) is 3. The van der Waals surface area contributed by atoms with Crippen LogP contribution in [0.1, 0.15) is 15.9 Å². The van der Waals surface area contributed by atoms with E-state index in [1.54, 1.807) is 24.3 Å². The van der Waals surface area contributed by atoms with Gasteiger partial charge in [-0.1, -0.05) is 23.9 Å². The first-order valence-electron chi connectivity index (χ1n) is 7.59. The Bertz CT molecular complexity index is 931. The van der Waals surface area contributed by atoms with Crippen LogP contribution in [0.2, 0.25) is 0 Å². The number of nitrogens with zero attached hydrogens (tertiary/aromatic N) is 2. The van der Waals surface area contributed by atoms with Gasteiger partial charge in [-0.2, -0.15) is 4.98 Å². The van der Waals surface area contributed by atoms with Gasteiger partial charge in [-0.25, -0.2) is 9.49 Å². The summed E-state index contributed by atoms with van der Waals surface area (Å²) in [4.78, 5) is 16.4. The third-order valence-electron chi connectivity index (χ3n) is 3.45. The summed E-state index contributed by atoms with van der Waals surface area (Å²) in [7, 11) is 1.38. The van der Waals surface area contributed by atoms with Crippen molar-refractivity contribution in [1.29, 1.82) is 0 Å². The molecule has 1 aromatic heterocycles. The van der Waals surface area contributed by atoms with Crippen LogP contribution in [-0.2, 0) is 5.75 Å². The van der Waals surface area contributed by atoms with Crippen molar-refractivity contribution in [3.8, 4) is 5.75 Å². The molecule has 3 aromatic rings. The zero-order valence-electron chi connectivity index (χ0n) is 13.8. The van der Waals surface area contributed by atoms with Crippen LogP contribution < -0.4 is 15.8 Å². The molecule has 7 nitrogen and oxygen atoms in total. The molecule has 26 heavy (non-hydrogen) atoms. The number of rotatable bonds is 6. The van der Waals surface area contributed by atoms with Crippen molar-refractivity contribution >= 4 is 29.3 Å². The molecule has 0 aliphatic rings. The number of methoxy groups -OCH3 is 1. The Hall–Kier alpha value is -3.07. The van der Waals surface area contributed by atoms with Crippen LogP contribution in [0.15, 0.2) is 47.6 Å². The van der Waals surface area contributed by atoms with Gasteiger partial charge in [0.1, 0.15) is 0 Å². The molecular formula is C17H16FN5O2S. The van der Waals surface area contributed by atoms with Crippen LogP contribution in [0.25, 0.3) is 0 Å². The van der Waals surface area contributed by atoms with Gasteiger partial charge < -0.3 is 15.8 Å². The number of nitrogens with two attached hydrogens (primary N) is 1. The number of nitrogen functional groups attached to an aromatic ring is 1. The molecule has 0 fully saturated rings. The number of aromatic nitrogens is 3. The van der Waals surface area contributed by atoms with E-state index in [1.807, 2.05) is 6.07 Å². The first kappa shape index (κ1) is 17.7. The summed E-state index contributed by atoms with van der Waals surface area (Å²) in [5.74, 6) is 0.0852. The Labute approximate surface area is 153 Å². The van der Waals surface area contributed by atoms with E-state index < -0.39 is 5.82 Å². The molecule has 0 unspecified atom stereocenters. The van der Waals surface area contributed by atoms with E-state index in [-0.39, 0.29) is 17.6 Å². The predicted octanol–water partition coefficient (Wildman–Crippen LogP) is 3.08. The number of carbonyl (C=O) groups excluding carboxylic acids is 1. The van der Waals surface area contributed by atoms with Gasteiger partial charge in [0, 0.05) is 23.1 Å². The molecule has 1 amide bonds. The van der Waals surface area contributed by atoms with Gasteiger partial charge in [0.2, 0.25) is 11.1 Å². The van der Waals surface area contributed by atoms with Crippen LogP contribution in [0.4, 0.5) is 16.0 Å². The molecule has 0 radical (unpaired) electrons. The third-order valence-corrected chi connectivity index (χ3v) is 4.37. The number of benzene rings is 2. The highest BCUT2D eigenvalue weighted by atomic mass is 32.2. The predicted molar refractivity (Wildman–Crippen MR) is 97.7 cm³/mol.